The maximum absolute atomic E-state index is 11.8. The van der Waals surface area contributed by atoms with Crippen LogP contribution in [0.25, 0.3) is 6.08 Å². The quantitative estimate of drug-likeness (QED) is 0.202. The van der Waals surface area contributed by atoms with Gasteiger partial charge in [-0.15, -0.1) is 0 Å². The average Bonchev–Trinajstić information content (AvgIpc) is 2.66. The molecule has 0 saturated heterocycles. The van der Waals surface area contributed by atoms with Gasteiger partial charge in [0.15, 0.2) is 11.5 Å². The fourth-order valence-corrected chi connectivity index (χ4v) is 3.05. The molecular formula is C23H37NO3. The molecule has 4 nitrogen and oxygen atoms in total. The number of carbonyl (C=O) groups excluding carboxylic acids is 1. The summed E-state index contributed by atoms with van der Waals surface area (Å²) < 4.78 is 0. The Morgan fingerprint density at radius 3 is 1.96 bits per heavy atom. The molecule has 1 amide bonds. The minimum absolute atomic E-state index is 0.134. The lowest BCUT2D eigenvalue weighted by Gasteiger charge is -2.04. The van der Waals surface area contributed by atoms with Crippen LogP contribution in [0, 0.1) is 0 Å². The number of benzene rings is 1. The third-order valence-corrected chi connectivity index (χ3v) is 4.76. The van der Waals surface area contributed by atoms with Crippen LogP contribution in [0.3, 0.4) is 0 Å². The van der Waals surface area contributed by atoms with Gasteiger partial charge in [-0.05, 0) is 30.2 Å². The molecule has 0 bridgehead atoms. The second kappa shape index (κ2) is 15.1. The fourth-order valence-electron chi connectivity index (χ4n) is 3.05. The van der Waals surface area contributed by atoms with Crippen molar-refractivity contribution < 1.29 is 15.0 Å². The van der Waals surface area contributed by atoms with Gasteiger partial charge in [-0.25, -0.2) is 0 Å². The summed E-state index contributed by atoms with van der Waals surface area (Å²) >= 11 is 0. The predicted molar refractivity (Wildman–Crippen MR) is 113 cm³/mol. The number of rotatable bonds is 15. The summed E-state index contributed by atoms with van der Waals surface area (Å²) in [6, 6.07) is 4.47. The number of phenolic OH excluding ortho intramolecular Hbond substituents is 2. The largest absolute Gasteiger partial charge is 0.504 e. The molecule has 4 heteroatoms. The third-order valence-electron chi connectivity index (χ3n) is 4.76. The van der Waals surface area contributed by atoms with Gasteiger partial charge in [0.25, 0.3) is 0 Å². The summed E-state index contributed by atoms with van der Waals surface area (Å²) in [5, 5.41) is 21.5. The van der Waals surface area contributed by atoms with Crippen LogP contribution in [0.4, 0.5) is 0 Å². The highest BCUT2D eigenvalue weighted by Crippen LogP contribution is 2.25. The molecule has 0 saturated carbocycles. The summed E-state index contributed by atoms with van der Waals surface area (Å²) in [7, 11) is 0. The number of aromatic hydroxyl groups is 2. The van der Waals surface area contributed by atoms with E-state index in [1.807, 2.05) is 0 Å². The van der Waals surface area contributed by atoms with Crippen LogP contribution in [0.5, 0.6) is 11.5 Å². The molecule has 3 N–H and O–H groups in total. The molecule has 0 radical (unpaired) electrons. The van der Waals surface area contributed by atoms with E-state index in [4.69, 9.17) is 0 Å². The smallest absolute Gasteiger partial charge is 0.243 e. The molecule has 0 aliphatic carbocycles. The first-order chi connectivity index (χ1) is 13.1. The Bertz CT molecular complexity index is 555. The number of nitrogens with one attached hydrogen (secondary N) is 1. The Kier molecular flexibility index (Phi) is 12.9. The standard InChI is InChI=1S/C23H37NO3/c1-2-3-4-5-6-7-8-9-10-11-12-13-18-24-23(27)17-15-20-14-16-21(25)22(26)19-20/h14-17,19,25-26H,2-13,18H2,1H3,(H,24,27)/b17-15+. The maximum Gasteiger partial charge on any atom is 0.243 e. The van der Waals surface area contributed by atoms with E-state index in [9.17, 15) is 15.0 Å². The zero-order chi connectivity index (χ0) is 19.7. The van der Waals surface area contributed by atoms with Crippen molar-refractivity contribution in [3.05, 3.63) is 29.8 Å². The van der Waals surface area contributed by atoms with Gasteiger partial charge in [0.2, 0.25) is 5.91 Å². The lowest BCUT2D eigenvalue weighted by Crippen LogP contribution is -2.21. The Labute approximate surface area is 164 Å². The Morgan fingerprint density at radius 1 is 0.852 bits per heavy atom. The van der Waals surface area contributed by atoms with Crippen molar-refractivity contribution in [1.29, 1.82) is 0 Å². The van der Waals surface area contributed by atoms with Crippen LogP contribution in [0.15, 0.2) is 24.3 Å². The molecular weight excluding hydrogens is 338 g/mol. The van der Waals surface area contributed by atoms with Gasteiger partial charge in [0.05, 0.1) is 0 Å². The SMILES string of the molecule is CCCCCCCCCCCCCCNC(=O)/C=C/c1ccc(O)c(O)c1. The highest BCUT2D eigenvalue weighted by atomic mass is 16.3. The fraction of sp³-hybridized carbons (Fsp3) is 0.609. The summed E-state index contributed by atoms with van der Waals surface area (Å²) in [6.45, 7) is 2.95. The minimum Gasteiger partial charge on any atom is -0.504 e. The number of amides is 1. The van der Waals surface area contributed by atoms with Crippen molar-refractivity contribution in [3.8, 4) is 11.5 Å². The normalized spacial score (nSPS) is 11.1. The summed E-state index contributed by atoms with van der Waals surface area (Å²) in [5.74, 6) is -0.483. The van der Waals surface area contributed by atoms with Crippen molar-refractivity contribution in [3.63, 3.8) is 0 Å². The van der Waals surface area contributed by atoms with E-state index >= 15 is 0 Å². The molecule has 0 fully saturated rings. The number of hydrogen-bond acceptors (Lipinski definition) is 3. The second-order valence-electron chi connectivity index (χ2n) is 7.26. The number of carbonyl (C=O) groups is 1. The number of unbranched alkanes of at least 4 members (excludes halogenated alkanes) is 11. The minimum atomic E-state index is -0.186. The molecule has 1 aromatic rings. The van der Waals surface area contributed by atoms with Crippen LogP contribution in [-0.2, 0) is 4.79 Å². The van der Waals surface area contributed by atoms with E-state index in [1.165, 1.54) is 82.4 Å². The number of hydrogen-bond donors (Lipinski definition) is 3. The first-order valence-corrected chi connectivity index (χ1v) is 10.6. The molecule has 27 heavy (non-hydrogen) atoms. The van der Waals surface area contributed by atoms with Gasteiger partial charge in [-0.2, -0.15) is 0 Å². The van der Waals surface area contributed by atoms with Crippen LogP contribution < -0.4 is 5.32 Å². The first kappa shape index (κ1) is 23.1. The Balaban J connectivity index is 1.95. The van der Waals surface area contributed by atoms with Crippen LogP contribution >= 0.6 is 0 Å². The van der Waals surface area contributed by atoms with E-state index < -0.39 is 0 Å². The Hall–Kier alpha value is -1.97. The van der Waals surface area contributed by atoms with E-state index in [1.54, 1.807) is 12.1 Å². The van der Waals surface area contributed by atoms with Gasteiger partial charge in [-0.1, -0.05) is 83.6 Å². The van der Waals surface area contributed by atoms with E-state index in [-0.39, 0.29) is 17.4 Å². The van der Waals surface area contributed by atoms with Gasteiger partial charge in [0, 0.05) is 12.6 Å². The van der Waals surface area contributed by atoms with Crippen LogP contribution in [0.1, 0.15) is 89.5 Å². The highest BCUT2D eigenvalue weighted by Gasteiger charge is 1.99. The summed E-state index contributed by atoms with van der Waals surface area (Å²) in [4.78, 5) is 11.8. The molecule has 1 aromatic carbocycles. The van der Waals surface area contributed by atoms with E-state index in [0.717, 1.165) is 12.8 Å². The van der Waals surface area contributed by atoms with Crippen molar-refractivity contribution in [2.75, 3.05) is 6.54 Å². The third kappa shape index (κ3) is 12.1. The second-order valence-corrected chi connectivity index (χ2v) is 7.26. The Morgan fingerprint density at radius 2 is 1.41 bits per heavy atom. The number of phenols is 2. The zero-order valence-corrected chi connectivity index (χ0v) is 16.9. The maximum atomic E-state index is 11.8. The molecule has 0 atom stereocenters. The molecule has 0 heterocycles. The zero-order valence-electron chi connectivity index (χ0n) is 16.9. The highest BCUT2D eigenvalue weighted by molar-refractivity contribution is 5.91. The van der Waals surface area contributed by atoms with Gasteiger partial charge >= 0.3 is 0 Å². The monoisotopic (exact) mass is 375 g/mol. The van der Waals surface area contributed by atoms with E-state index in [0.29, 0.717) is 12.1 Å². The van der Waals surface area contributed by atoms with Gasteiger partial charge < -0.3 is 15.5 Å². The molecule has 0 unspecified atom stereocenters. The van der Waals surface area contributed by atoms with Gasteiger partial charge in [0.1, 0.15) is 0 Å². The van der Waals surface area contributed by atoms with Gasteiger partial charge in [-0.3, -0.25) is 4.79 Å². The topological polar surface area (TPSA) is 69.6 Å². The van der Waals surface area contributed by atoms with Crippen molar-refractivity contribution in [1.82, 2.24) is 5.32 Å². The van der Waals surface area contributed by atoms with Crippen LogP contribution in [0.2, 0.25) is 0 Å². The summed E-state index contributed by atoms with van der Waals surface area (Å²) in [6.07, 6.45) is 18.8. The van der Waals surface area contributed by atoms with E-state index in [2.05, 4.69) is 12.2 Å². The predicted octanol–water partition coefficient (Wildman–Crippen LogP) is 5.93. The molecule has 0 spiro atoms. The average molecular weight is 376 g/mol. The molecule has 0 aromatic heterocycles. The van der Waals surface area contributed by atoms with Crippen molar-refractivity contribution in [2.24, 2.45) is 0 Å². The molecule has 152 valence electrons. The lowest BCUT2D eigenvalue weighted by molar-refractivity contribution is -0.116. The van der Waals surface area contributed by atoms with Crippen molar-refractivity contribution >= 4 is 12.0 Å². The molecule has 0 aliphatic heterocycles. The first-order valence-electron chi connectivity index (χ1n) is 10.6. The van der Waals surface area contributed by atoms with Crippen LogP contribution in [-0.4, -0.2) is 22.7 Å². The molecule has 0 aliphatic rings. The summed E-state index contributed by atoms with van der Waals surface area (Å²) in [5.41, 5.74) is 0.672. The van der Waals surface area contributed by atoms with Crippen molar-refractivity contribution in [2.45, 2.75) is 84.0 Å². The lowest BCUT2D eigenvalue weighted by atomic mass is 10.1. The molecule has 1 rings (SSSR count).